The van der Waals surface area contributed by atoms with E-state index in [9.17, 15) is 84.6 Å². The summed E-state index contributed by atoms with van der Waals surface area (Å²) in [6.07, 6.45) is -16.1. The Morgan fingerprint density at radius 2 is 1.36 bits per heavy atom. The van der Waals surface area contributed by atoms with Crippen LogP contribution in [0.15, 0.2) is 120 Å². The number of unbranched alkanes of at least 4 members (excludes halogenated alkanes) is 1. The lowest BCUT2D eigenvalue weighted by molar-refractivity contribution is -0.334. The van der Waals surface area contributed by atoms with E-state index in [2.05, 4.69) is 65.1 Å². The fraction of sp³-hybridized carbons (Fsp3) is 0.410. The third-order valence-corrected chi connectivity index (χ3v) is 22.3. The standard InChI is InChI=1S/C83H95Cl2N13O26/c1-7-8-20-88-42-14-9-37(10-15-42)73(109)91-58-19-22-98(82(118)92-58)23-21-89-83(5)33-59(119-36(4)72(83)108)123-71-69(107)68(106)56(34-99)122-81(71)124-70-54-28-41-29-55(70)121-53-18-13-40(27-47(53)85)67(105)65-79(115)95-63(80(116)117)45-30-43(100)31-51(102)60(45)44-25-38(11-16-50(44)101)61(76(112)97-65)94-77(113)62(41)93-75(111)49(32-57(86)103)90-78(114)64(96-74(110)48(87-6)24-35(2)3)66(104)39-12-17-52(120-54)46(84)26-39/h9-19,22,25-31,35-36,48-49,56,59,61-69,71-72,81,87-89,99-102,104-108H,7-8,20-21,23-24,32-34H2,1-6H3,(H2,86,103)(H,90,114)(H,93,111)(H,94,113)(H,95,115)(H,96,110)(H,97,112)(H,116,117)(H,91,92,109,118)/t36?,48-,49-,56-,59-,61-,62?,63+,64+,65+,66+,67+,68+,69+,71+,72-,81?,83?/m0/s1. The molecule has 7 aliphatic heterocycles. The summed E-state index contributed by atoms with van der Waals surface area (Å²) in [6.45, 7) is 8.46. The summed E-state index contributed by atoms with van der Waals surface area (Å²) in [6, 6.07) is 7.15. The predicted molar refractivity (Wildman–Crippen MR) is 439 cm³/mol. The van der Waals surface area contributed by atoms with Gasteiger partial charge in [-0.2, -0.15) is 4.98 Å². The molecule has 2 fully saturated rings. The number of likely N-dealkylation sites (N-methyl/N-ethyl adjacent to an activating group) is 1. The summed E-state index contributed by atoms with van der Waals surface area (Å²) in [7, 11) is 1.47. The number of nitrogens with zero attached hydrogens (tertiary/aromatic N) is 2. The van der Waals surface area contributed by atoms with Crippen LogP contribution in [-0.2, 0) is 59.1 Å². The maximum atomic E-state index is 16.2. The van der Waals surface area contributed by atoms with E-state index in [0.717, 1.165) is 91.8 Å². The van der Waals surface area contributed by atoms with Gasteiger partial charge in [0.15, 0.2) is 29.9 Å². The average Bonchev–Trinajstić information content (AvgIpc) is 0.755. The summed E-state index contributed by atoms with van der Waals surface area (Å²) in [5.74, 6) is -17.0. The topological polar surface area (TPSA) is 593 Å². The maximum Gasteiger partial charge on any atom is 0.349 e. The highest BCUT2D eigenvalue weighted by molar-refractivity contribution is 6.32. The van der Waals surface area contributed by atoms with Gasteiger partial charge >= 0.3 is 11.7 Å². The highest BCUT2D eigenvalue weighted by Gasteiger charge is 2.52. The summed E-state index contributed by atoms with van der Waals surface area (Å²) < 4.78 is 40.6. The summed E-state index contributed by atoms with van der Waals surface area (Å²) in [4.78, 5) is 149. The predicted octanol–water partition coefficient (Wildman–Crippen LogP) is 2.46. The number of benzene rings is 6. The van der Waals surface area contributed by atoms with Gasteiger partial charge in [0.1, 0.15) is 95.3 Å². The molecule has 41 heteroatoms. The van der Waals surface area contributed by atoms with Crippen LogP contribution >= 0.6 is 23.2 Å². The highest BCUT2D eigenvalue weighted by atomic mass is 35.5. The Labute approximate surface area is 717 Å². The molecular formula is C83H95Cl2N13O26. The monoisotopic (exact) mass is 1760 g/mol. The van der Waals surface area contributed by atoms with Crippen molar-refractivity contribution in [2.45, 2.75) is 183 Å². The fourth-order valence-corrected chi connectivity index (χ4v) is 15.6. The number of amides is 8. The Bertz CT molecular complexity index is 5280. The number of phenolic OH excluding ortho intramolecular Hbond substituents is 3. The number of aliphatic hydroxyl groups excluding tert-OH is 6. The molecule has 22 N–H and O–H groups in total. The van der Waals surface area contributed by atoms with Crippen LogP contribution in [0.2, 0.25) is 10.0 Å². The molecule has 14 rings (SSSR count). The van der Waals surface area contributed by atoms with Crippen molar-refractivity contribution in [2.75, 3.05) is 37.4 Å². The molecule has 0 saturated carbocycles. The maximum absolute atomic E-state index is 16.2. The third-order valence-electron chi connectivity index (χ3n) is 21.7. The zero-order valence-electron chi connectivity index (χ0n) is 67.5. The number of carbonyl (C=O) groups is 9. The number of hydrogen-bond donors (Lipinski definition) is 21. The first kappa shape index (κ1) is 91.4. The largest absolute Gasteiger partial charge is 0.508 e. The van der Waals surface area contributed by atoms with Crippen LogP contribution in [-0.4, -0.2) is 219 Å². The fourth-order valence-electron chi connectivity index (χ4n) is 15.1. The second-order valence-corrected chi connectivity index (χ2v) is 32.0. The minimum atomic E-state index is -2.39. The minimum absolute atomic E-state index is 0.0249. The third kappa shape index (κ3) is 20.5. The normalized spacial score (nSPS) is 26.0. The number of aliphatic carboxylic acids is 1. The molecule has 2 saturated heterocycles. The molecule has 0 spiro atoms. The van der Waals surface area contributed by atoms with E-state index >= 15 is 14.4 Å². The van der Waals surface area contributed by atoms with Crippen molar-refractivity contribution in [2.24, 2.45) is 11.7 Å². The van der Waals surface area contributed by atoms with Crippen LogP contribution in [0.5, 0.6) is 46.0 Å². The van der Waals surface area contributed by atoms with Gasteiger partial charge < -0.3 is 138 Å². The van der Waals surface area contributed by atoms with E-state index in [0.29, 0.717) is 5.56 Å². The van der Waals surface area contributed by atoms with E-state index in [4.69, 9.17) is 57.4 Å². The Kier molecular flexibility index (Phi) is 28.7. The number of rotatable bonds is 23. The summed E-state index contributed by atoms with van der Waals surface area (Å²) in [5, 5.41) is 142. The molecule has 4 unspecified atom stereocenters. The number of anilines is 2. The lowest BCUT2D eigenvalue weighted by atomic mass is 9.85. The lowest BCUT2D eigenvalue weighted by Crippen LogP contribution is -2.65. The number of phenols is 3. The van der Waals surface area contributed by atoms with Crippen molar-refractivity contribution in [3.05, 3.63) is 169 Å². The Morgan fingerprint density at radius 1 is 0.718 bits per heavy atom. The molecule has 7 aromatic rings. The number of halogens is 2. The number of primary amides is 1. The van der Waals surface area contributed by atoms with Crippen molar-refractivity contribution < 1.29 is 123 Å². The van der Waals surface area contributed by atoms with Gasteiger partial charge in [0.05, 0.1) is 41.3 Å². The average molecular weight is 1760 g/mol. The van der Waals surface area contributed by atoms with E-state index in [1.54, 1.807) is 31.2 Å². The van der Waals surface area contributed by atoms with Crippen LogP contribution in [0.4, 0.5) is 11.5 Å². The summed E-state index contributed by atoms with van der Waals surface area (Å²) in [5.41, 5.74) is 1.80. The van der Waals surface area contributed by atoms with Gasteiger partial charge in [0, 0.05) is 71.8 Å². The molecule has 8 amide bonds. The molecule has 7 aliphatic rings. The first-order valence-corrected chi connectivity index (χ1v) is 40.3. The van der Waals surface area contributed by atoms with Crippen molar-refractivity contribution in [1.29, 1.82) is 0 Å². The van der Waals surface area contributed by atoms with E-state index in [1.165, 1.54) is 42.9 Å². The number of nitrogens with one attached hydrogen (secondary N) is 10. The Hall–Kier alpha value is -11.8. The number of ether oxygens (including phenoxy) is 6. The van der Waals surface area contributed by atoms with Gasteiger partial charge in [-0.25, -0.2) is 9.59 Å². The first-order chi connectivity index (χ1) is 58.9. The van der Waals surface area contributed by atoms with Crippen LogP contribution in [0.1, 0.15) is 135 Å². The molecule has 1 aromatic heterocycles. The molecule has 662 valence electrons. The molecule has 0 radical (unpaired) electrons. The van der Waals surface area contributed by atoms with Gasteiger partial charge in [0.25, 0.3) is 5.91 Å². The number of aliphatic hydroxyl groups is 6. The zero-order valence-corrected chi connectivity index (χ0v) is 69.0. The van der Waals surface area contributed by atoms with E-state index < -0.39 is 254 Å². The SMILES string of the molecule is CCCCNc1ccc(C(=O)Nc2ccn(CCNC3(C)C[C@H](O[C@H]4C(Oc5c6cc7cc5Oc5ccc(cc5Cl)[C@@H](O)[C@H]5NC(=O)[C@@H](NC(=O)C7NC(=O)[C@H](CC(N)=O)NC(=O)[C@H](NC(=O)[C@H](CC(C)C)NC)[C@H](O)c7ccc(c(Cl)c7)O6)c6ccc(O)c(c6)-c6c(O)cc(O)cc6[C@H](C(=O)O)NC5=O)O[C@@H](CO)[C@@H](O)[C@H]4O)OC(C)[C@@H]3O)c(=O)n2)cc1. The lowest BCUT2D eigenvalue weighted by Gasteiger charge is -2.48. The molecule has 0 aliphatic carbocycles. The molecule has 18 atom stereocenters. The van der Waals surface area contributed by atoms with Crippen LogP contribution in [0, 0.1) is 5.92 Å². The number of carboxylic acids is 1. The van der Waals surface area contributed by atoms with Crippen LogP contribution < -0.4 is 78.8 Å². The van der Waals surface area contributed by atoms with E-state index in [1.807, 2.05) is 13.8 Å². The number of hydrogen-bond acceptors (Lipinski definition) is 29. The van der Waals surface area contributed by atoms with Crippen molar-refractivity contribution in [3.8, 4) is 57.1 Å². The first-order valence-electron chi connectivity index (χ1n) is 39.6. The van der Waals surface area contributed by atoms with Crippen LogP contribution in [0.25, 0.3) is 11.1 Å². The second-order valence-electron chi connectivity index (χ2n) is 31.2. The number of carboxylic acid groups (broad SMARTS) is 1. The number of nitrogens with two attached hydrogens (primary N) is 1. The number of aromatic nitrogens is 2. The molecule has 6 aromatic carbocycles. The minimum Gasteiger partial charge on any atom is -0.508 e. The molecule has 39 nitrogen and oxygen atoms in total. The molecule has 8 heterocycles. The van der Waals surface area contributed by atoms with Crippen molar-refractivity contribution in [3.63, 3.8) is 0 Å². The van der Waals surface area contributed by atoms with Gasteiger partial charge in [-0.3, -0.25) is 42.9 Å². The van der Waals surface area contributed by atoms with Crippen molar-refractivity contribution >= 4 is 87.9 Å². The molecular weight excluding hydrogens is 1670 g/mol. The molecule has 11 bridgehead atoms. The smallest absolute Gasteiger partial charge is 0.349 e. The van der Waals surface area contributed by atoms with Crippen molar-refractivity contribution in [1.82, 2.24) is 52.1 Å². The number of aromatic hydroxyl groups is 3. The quantitative estimate of drug-likeness (QED) is 0.0409. The molecule has 124 heavy (non-hydrogen) atoms. The number of carbonyl (C=O) groups excluding carboxylic acids is 8. The highest BCUT2D eigenvalue weighted by Crippen LogP contribution is 2.50. The Morgan fingerprint density at radius 3 is 1.98 bits per heavy atom. The zero-order chi connectivity index (χ0) is 89.6. The van der Waals surface area contributed by atoms with Gasteiger partial charge in [0.2, 0.25) is 53.4 Å². The van der Waals surface area contributed by atoms with Crippen LogP contribution in [0.3, 0.4) is 0 Å². The second kappa shape index (κ2) is 38.9. The Balaban J connectivity index is 0.980. The number of fused-ring (bicyclic) bond motifs is 15. The van der Waals surface area contributed by atoms with Gasteiger partial charge in [-0.1, -0.05) is 68.6 Å². The van der Waals surface area contributed by atoms with E-state index in [-0.39, 0.29) is 60.1 Å². The van der Waals surface area contributed by atoms with Gasteiger partial charge in [-0.05, 0) is 147 Å². The van der Waals surface area contributed by atoms with Gasteiger partial charge in [-0.15, -0.1) is 0 Å². The summed E-state index contributed by atoms with van der Waals surface area (Å²) >= 11 is 14.3.